The van der Waals surface area contributed by atoms with E-state index in [0.717, 1.165) is 36.2 Å². The standard InChI is InChI=1S/C16H21N3O2/c1-11-4-3-9-19-10-12(18-15(11)19)7-8-17-16(21)13-5-2-6-14(13)20/h3-4,9-10,13-14,20H,2,5-8H2,1H3,(H,17,21). The number of imidazole rings is 1. The highest BCUT2D eigenvalue weighted by Crippen LogP contribution is 2.25. The van der Waals surface area contributed by atoms with E-state index < -0.39 is 6.10 Å². The van der Waals surface area contributed by atoms with Crippen molar-refractivity contribution in [1.82, 2.24) is 14.7 Å². The van der Waals surface area contributed by atoms with Gasteiger partial charge in [-0.25, -0.2) is 4.98 Å². The minimum absolute atomic E-state index is 0.0278. The van der Waals surface area contributed by atoms with Gasteiger partial charge in [0.05, 0.1) is 17.7 Å². The number of hydrogen-bond acceptors (Lipinski definition) is 3. The fourth-order valence-electron chi connectivity index (χ4n) is 3.02. The van der Waals surface area contributed by atoms with Gasteiger partial charge in [0.25, 0.3) is 0 Å². The van der Waals surface area contributed by atoms with E-state index in [1.54, 1.807) is 0 Å². The van der Waals surface area contributed by atoms with E-state index in [0.29, 0.717) is 13.0 Å². The smallest absolute Gasteiger partial charge is 0.225 e. The molecule has 1 fully saturated rings. The molecule has 0 spiro atoms. The van der Waals surface area contributed by atoms with Crippen LogP contribution in [0.1, 0.15) is 30.5 Å². The molecule has 5 heteroatoms. The van der Waals surface area contributed by atoms with Gasteiger partial charge >= 0.3 is 0 Å². The second-order valence-corrected chi connectivity index (χ2v) is 5.80. The van der Waals surface area contributed by atoms with E-state index in [2.05, 4.69) is 10.3 Å². The third-order valence-electron chi connectivity index (χ3n) is 4.22. The van der Waals surface area contributed by atoms with Crippen molar-refractivity contribution in [3.8, 4) is 0 Å². The summed E-state index contributed by atoms with van der Waals surface area (Å²) in [7, 11) is 0. The lowest BCUT2D eigenvalue weighted by atomic mass is 10.1. The van der Waals surface area contributed by atoms with Crippen molar-refractivity contribution >= 4 is 11.6 Å². The zero-order valence-corrected chi connectivity index (χ0v) is 12.2. The third kappa shape index (κ3) is 2.93. The molecule has 21 heavy (non-hydrogen) atoms. The van der Waals surface area contributed by atoms with Crippen molar-refractivity contribution < 1.29 is 9.90 Å². The molecule has 5 nitrogen and oxygen atoms in total. The molecule has 2 aromatic heterocycles. The van der Waals surface area contributed by atoms with E-state index in [4.69, 9.17) is 0 Å². The quantitative estimate of drug-likeness (QED) is 0.894. The summed E-state index contributed by atoms with van der Waals surface area (Å²) < 4.78 is 2.01. The molecule has 2 heterocycles. The molecule has 1 amide bonds. The fourth-order valence-corrected chi connectivity index (χ4v) is 3.02. The maximum atomic E-state index is 12.0. The summed E-state index contributed by atoms with van der Waals surface area (Å²) in [6.07, 6.45) is 6.68. The number of nitrogens with one attached hydrogen (secondary N) is 1. The molecule has 0 saturated heterocycles. The van der Waals surface area contributed by atoms with Crippen LogP contribution in [0.4, 0.5) is 0 Å². The molecule has 112 valence electrons. The second-order valence-electron chi connectivity index (χ2n) is 5.80. The Bertz CT molecular complexity index is 650. The Hall–Kier alpha value is -1.88. The number of amides is 1. The highest BCUT2D eigenvalue weighted by Gasteiger charge is 2.30. The first-order valence-corrected chi connectivity index (χ1v) is 7.54. The Morgan fingerprint density at radius 1 is 1.52 bits per heavy atom. The molecule has 0 bridgehead atoms. The number of carbonyl (C=O) groups is 1. The SMILES string of the molecule is Cc1cccn2cc(CCNC(=O)C3CCCC3O)nc12. The topological polar surface area (TPSA) is 66.6 Å². The number of carbonyl (C=O) groups excluding carboxylic acids is 1. The number of aliphatic hydroxyl groups excluding tert-OH is 1. The van der Waals surface area contributed by atoms with E-state index >= 15 is 0 Å². The molecule has 3 rings (SSSR count). The molecular weight excluding hydrogens is 266 g/mol. The maximum absolute atomic E-state index is 12.0. The lowest BCUT2D eigenvalue weighted by Gasteiger charge is -2.13. The second kappa shape index (κ2) is 5.85. The average Bonchev–Trinajstić information content (AvgIpc) is 3.05. The van der Waals surface area contributed by atoms with Crippen LogP contribution >= 0.6 is 0 Å². The van der Waals surface area contributed by atoms with Crippen LogP contribution < -0.4 is 5.32 Å². The summed E-state index contributed by atoms with van der Waals surface area (Å²) in [5.41, 5.74) is 3.07. The number of hydrogen-bond donors (Lipinski definition) is 2. The number of nitrogens with zero attached hydrogens (tertiary/aromatic N) is 2. The summed E-state index contributed by atoms with van der Waals surface area (Å²) in [4.78, 5) is 16.6. The van der Waals surface area contributed by atoms with Crippen LogP contribution in [-0.2, 0) is 11.2 Å². The van der Waals surface area contributed by atoms with E-state index in [1.165, 1.54) is 0 Å². The summed E-state index contributed by atoms with van der Waals surface area (Å²) >= 11 is 0. The maximum Gasteiger partial charge on any atom is 0.225 e. The summed E-state index contributed by atoms with van der Waals surface area (Å²) in [6, 6.07) is 4.03. The van der Waals surface area contributed by atoms with Crippen LogP contribution in [0.15, 0.2) is 24.5 Å². The molecular formula is C16H21N3O2. The predicted molar refractivity (Wildman–Crippen MR) is 80.0 cm³/mol. The predicted octanol–water partition coefficient (Wildman–Crippen LogP) is 1.46. The molecule has 2 N–H and O–H groups in total. The van der Waals surface area contributed by atoms with Gasteiger partial charge in [-0.3, -0.25) is 4.79 Å². The van der Waals surface area contributed by atoms with Gasteiger partial charge in [-0.1, -0.05) is 6.07 Å². The Labute approximate surface area is 124 Å². The van der Waals surface area contributed by atoms with Gasteiger partial charge in [-0.05, 0) is 37.8 Å². The van der Waals surface area contributed by atoms with Crippen LogP contribution in [0.25, 0.3) is 5.65 Å². The van der Waals surface area contributed by atoms with Gasteiger partial charge in [0.2, 0.25) is 5.91 Å². The van der Waals surface area contributed by atoms with Crippen molar-refractivity contribution in [3.05, 3.63) is 35.8 Å². The molecule has 1 aliphatic rings. The lowest BCUT2D eigenvalue weighted by Crippen LogP contribution is -2.35. The van der Waals surface area contributed by atoms with Gasteiger partial charge in [-0.2, -0.15) is 0 Å². The monoisotopic (exact) mass is 287 g/mol. The summed E-state index contributed by atoms with van der Waals surface area (Å²) in [5, 5.41) is 12.6. The summed E-state index contributed by atoms with van der Waals surface area (Å²) in [5.74, 6) is -0.256. The van der Waals surface area contributed by atoms with Gasteiger partial charge in [0.15, 0.2) is 0 Å². The number of aliphatic hydroxyl groups is 1. The number of rotatable bonds is 4. The van der Waals surface area contributed by atoms with Crippen molar-refractivity contribution in [3.63, 3.8) is 0 Å². The van der Waals surface area contributed by atoms with Crippen molar-refractivity contribution in [1.29, 1.82) is 0 Å². The minimum Gasteiger partial charge on any atom is -0.392 e. The Morgan fingerprint density at radius 2 is 2.38 bits per heavy atom. The number of pyridine rings is 1. The zero-order chi connectivity index (χ0) is 14.8. The Balaban J connectivity index is 1.57. The summed E-state index contributed by atoms with van der Waals surface area (Å²) in [6.45, 7) is 2.60. The van der Waals surface area contributed by atoms with Crippen LogP contribution in [-0.4, -0.2) is 33.0 Å². The normalized spacial score (nSPS) is 21.8. The number of fused-ring (bicyclic) bond motifs is 1. The fraction of sp³-hybridized carbons (Fsp3) is 0.500. The molecule has 2 aromatic rings. The van der Waals surface area contributed by atoms with Crippen LogP contribution in [0.5, 0.6) is 0 Å². The highest BCUT2D eigenvalue weighted by atomic mass is 16.3. The first-order chi connectivity index (χ1) is 10.1. The molecule has 1 aliphatic carbocycles. The Kier molecular flexibility index (Phi) is 3.92. The van der Waals surface area contributed by atoms with Crippen LogP contribution in [0, 0.1) is 12.8 Å². The molecule has 0 aromatic carbocycles. The first kappa shape index (κ1) is 14.1. The van der Waals surface area contributed by atoms with Crippen molar-refractivity contribution in [2.75, 3.05) is 6.54 Å². The molecule has 0 radical (unpaired) electrons. The average molecular weight is 287 g/mol. The third-order valence-corrected chi connectivity index (χ3v) is 4.22. The zero-order valence-electron chi connectivity index (χ0n) is 12.2. The van der Waals surface area contributed by atoms with Crippen LogP contribution in [0.2, 0.25) is 0 Å². The van der Waals surface area contributed by atoms with Gasteiger partial charge in [-0.15, -0.1) is 0 Å². The molecule has 0 aliphatic heterocycles. The number of aromatic nitrogens is 2. The van der Waals surface area contributed by atoms with Gasteiger partial charge in [0.1, 0.15) is 5.65 Å². The number of aryl methyl sites for hydroxylation is 1. The van der Waals surface area contributed by atoms with E-state index in [-0.39, 0.29) is 11.8 Å². The van der Waals surface area contributed by atoms with Crippen molar-refractivity contribution in [2.45, 2.75) is 38.7 Å². The van der Waals surface area contributed by atoms with Crippen LogP contribution in [0.3, 0.4) is 0 Å². The first-order valence-electron chi connectivity index (χ1n) is 7.54. The largest absolute Gasteiger partial charge is 0.392 e. The van der Waals surface area contributed by atoms with E-state index in [9.17, 15) is 9.90 Å². The van der Waals surface area contributed by atoms with E-state index in [1.807, 2.05) is 35.9 Å². The van der Waals surface area contributed by atoms with Gasteiger partial charge in [0, 0.05) is 25.4 Å². The molecule has 1 saturated carbocycles. The minimum atomic E-state index is -0.470. The van der Waals surface area contributed by atoms with Crippen molar-refractivity contribution in [2.24, 2.45) is 5.92 Å². The van der Waals surface area contributed by atoms with Gasteiger partial charge < -0.3 is 14.8 Å². The highest BCUT2D eigenvalue weighted by molar-refractivity contribution is 5.79. The lowest BCUT2D eigenvalue weighted by molar-refractivity contribution is -0.127. The Morgan fingerprint density at radius 3 is 3.10 bits per heavy atom. The molecule has 2 unspecified atom stereocenters. The molecule has 2 atom stereocenters.